The van der Waals surface area contributed by atoms with Crippen LogP contribution in [-0.4, -0.2) is 23.6 Å². The van der Waals surface area contributed by atoms with Gasteiger partial charge >= 0.3 is 0 Å². The van der Waals surface area contributed by atoms with E-state index in [0.29, 0.717) is 28.5 Å². The molecule has 1 aromatic carbocycles. The Bertz CT molecular complexity index is 992. The molecule has 1 aromatic heterocycles. The number of ether oxygens (including phenoxy) is 2. The summed E-state index contributed by atoms with van der Waals surface area (Å²) < 4.78 is 24.9. The zero-order chi connectivity index (χ0) is 18.5. The molecule has 0 saturated heterocycles. The van der Waals surface area contributed by atoms with Crippen LogP contribution in [0.5, 0.6) is 5.88 Å². The number of nitrogens with zero attached hydrogens (tertiary/aromatic N) is 1. The summed E-state index contributed by atoms with van der Waals surface area (Å²) in [5.74, 6) is 0.213. The lowest BCUT2D eigenvalue weighted by molar-refractivity contribution is -0.111. The normalized spacial score (nSPS) is 20.3. The molecule has 0 radical (unpaired) electrons. The fraction of sp³-hybridized carbons (Fsp3) is 0.200. The largest absolute Gasteiger partial charge is 0.482 e. The molecule has 0 aliphatic carbocycles. The van der Waals surface area contributed by atoms with Gasteiger partial charge < -0.3 is 14.8 Å². The van der Waals surface area contributed by atoms with Gasteiger partial charge in [-0.1, -0.05) is 0 Å². The van der Waals surface area contributed by atoms with E-state index < -0.39 is 11.4 Å². The smallest absolute Gasteiger partial charge is 0.260 e. The Hall–Kier alpha value is -3.15. The SMILES string of the molecule is COc1ncccc1C1=C/C(=C2\C(=O)Nc3cc(F)ccc32)OC1(C)C. The topological polar surface area (TPSA) is 60.5 Å². The van der Waals surface area contributed by atoms with Gasteiger partial charge in [0.05, 0.1) is 18.4 Å². The average Bonchev–Trinajstić information content (AvgIpc) is 3.09. The summed E-state index contributed by atoms with van der Waals surface area (Å²) in [6.45, 7) is 3.83. The van der Waals surface area contributed by atoms with Crippen molar-refractivity contribution in [3.63, 3.8) is 0 Å². The number of methoxy groups -OCH3 is 1. The molecule has 6 heteroatoms. The first-order chi connectivity index (χ1) is 12.4. The summed E-state index contributed by atoms with van der Waals surface area (Å²) in [5, 5.41) is 2.69. The first-order valence-corrected chi connectivity index (χ1v) is 8.17. The molecule has 0 atom stereocenters. The minimum Gasteiger partial charge on any atom is -0.482 e. The van der Waals surface area contributed by atoms with Gasteiger partial charge in [-0.25, -0.2) is 9.37 Å². The summed E-state index contributed by atoms with van der Waals surface area (Å²) in [6.07, 6.45) is 3.48. The van der Waals surface area contributed by atoms with Gasteiger partial charge in [-0.3, -0.25) is 4.79 Å². The first kappa shape index (κ1) is 16.3. The zero-order valence-corrected chi connectivity index (χ0v) is 14.6. The monoisotopic (exact) mass is 352 g/mol. The molecule has 3 heterocycles. The highest BCUT2D eigenvalue weighted by molar-refractivity contribution is 6.32. The summed E-state index contributed by atoms with van der Waals surface area (Å²) in [7, 11) is 1.56. The maximum atomic E-state index is 13.5. The van der Waals surface area contributed by atoms with E-state index in [1.807, 2.05) is 32.1 Å². The van der Waals surface area contributed by atoms with Gasteiger partial charge in [0.25, 0.3) is 5.91 Å². The quantitative estimate of drug-likeness (QED) is 0.836. The number of hydrogen-bond donors (Lipinski definition) is 1. The summed E-state index contributed by atoms with van der Waals surface area (Å²) in [4.78, 5) is 16.7. The van der Waals surface area contributed by atoms with Crippen molar-refractivity contribution in [2.75, 3.05) is 12.4 Å². The van der Waals surface area contributed by atoms with E-state index in [1.54, 1.807) is 19.4 Å². The maximum absolute atomic E-state index is 13.5. The number of fused-ring (bicyclic) bond motifs is 1. The first-order valence-electron chi connectivity index (χ1n) is 8.17. The summed E-state index contributed by atoms with van der Waals surface area (Å²) >= 11 is 0. The molecule has 0 fully saturated rings. The molecule has 1 amide bonds. The molecular weight excluding hydrogens is 335 g/mol. The van der Waals surface area contributed by atoms with Crippen molar-refractivity contribution in [2.45, 2.75) is 19.4 Å². The number of halogens is 1. The molecule has 2 aromatic rings. The van der Waals surface area contributed by atoms with Crippen LogP contribution in [-0.2, 0) is 9.53 Å². The van der Waals surface area contributed by atoms with Crippen molar-refractivity contribution < 1.29 is 18.7 Å². The van der Waals surface area contributed by atoms with Crippen LogP contribution in [0, 0.1) is 5.82 Å². The van der Waals surface area contributed by atoms with E-state index in [-0.39, 0.29) is 5.91 Å². The fourth-order valence-corrected chi connectivity index (χ4v) is 3.34. The Morgan fingerprint density at radius 2 is 2.04 bits per heavy atom. The molecule has 0 unspecified atom stereocenters. The predicted molar refractivity (Wildman–Crippen MR) is 95.9 cm³/mol. The number of allylic oxidation sites excluding steroid dienone is 1. The van der Waals surface area contributed by atoms with Crippen LogP contribution in [0.4, 0.5) is 10.1 Å². The highest BCUT2D eigenvalue weighted by Crippen LogP contribution is 2.45. The molecule has 1 N–H and O–H groups in total. The Labute approximate surface area is 150 Å². The Morgan fingerprint density at radius 3 is 2.81 bits per heavy atom. The molecule has 0 saturated carbocycles. The molecule has 2 aliphatic heterocycles. The Kier molecular flexibility index (Phi) is 3.57. The van der Waals surface area contributed by atoms with Crippen molar-refractivity contribution in [1.29, 1.82) is 0 Å². The third kappa shape index (κ3) is 2.45. The second kappa shape index (κ2) is 5.69. The van der Waals surface area contributed by atoms with Crippen molar-refractivity contribution in [2.24, 2.45) is 0 Å². The number of rotatable bonds is 2. The van der Waals surface area contributed by atoms with E-state index in [9.17, 15) is 9.18 Å². The van der Waals surface area contributed by atoms with E-state index in [1.165, 1.54) is 12.1 Å². The molecule has 26 heavy (non-hydrogen) atoms. The number of pyridine rings is 1. The number of nitrogens with one attached hydrogen (secondary N) is 1. The lowest BCUT2D eigenvalue weighted by Gasteiger charge is -2.24. The number of carbonyl (C=O) groups is 1. The van der Waals surface area contributed by atoms with Gasteiger partial charge in [0.15, 0.2) is 0 Å². The highest BCUT2D eigenvalue weighted by Gasteiger charge is 2.39. The van der Waals surface area contributed by atoms with Crippen LogP contribution in [0.2, 0.25) is 0 Å². The standard InChI is InChI=1S/C20H17FN2O3/c1-20(2)14(12-5-4-8-22-19(12)25-3)10-16(26-20)17-13-7-6-11(21)9-15(13)23-18(17)24/h4-10H,1-3H3,(H,23,24)/b17-16+. The molecule has 0 spiro atoms. The van der Waals surface area contributed by atoms with E-state index in [2.05, 4.69) is 10.3 Å². The number of aromatic nitrogens is 1. The molecule has 132 valence electrons. The molecule has 5 nitrogen and oxygen atoms in total. The molecule has 0 bridgehead atoms. The van der Waals surface area contributed by atoms with Gasteiger partial charge in [-0.2, -0.15) is 0 Å². The van der Waals surface area contributed by atoms with Crippen molar-refractivity contribution in [3.8, 4) is 5.88 Å². The van der Waals surface area contributed by atoms with E-state index in [0.717, 1.165) is 11.1 Å². The van der Waals surface area contributed by atoms with Gasteiger partial charge in [0, 0.05) is 22.9 Å². The summed E-state index contributed by atoms with van der Waals surface area (Å²) in [6, 6.07) is 7.93. The third-order valence-corrected chi connectivity index (χ3v) is 4.52. The number of benzene rings is 1. The second-order valence-electron chi connectivity index (χ2n) is 6.61. The molecule has 4 rings (SSSR count). The van der Waals surface area contributed by atoms with Crippen LogP contribution in [0.3, 0.4) is 0 Å². The van der Waals surface area contributed by atoms with E-state index in [4.69, 9.17) is 9.47 Å². The number of amides is 1. The lowest BCUT2D eigenvalue weighted by Crippen LogP contribution is -2.21. The van der Waals surface area contributed by atoms with Crippen LogP contribution in [0.25, 0.3) is 11.1 Å². The van der Waals surface area contributed by atoms with Gasteiger partial charge in [0.1, 0.15) is 17.2 Å². The van der Waals surface area contributed by atoms with Crippen LogP contribution in [0.15, 0.2) is 48.4 Å². The number of anilines is 1. The highest BCUT2D eigenvalue weighted by atomic mass is 19.1. The number of hydrogen-bond acceptors (Lipinski definition) is 4. The zero-order valence-electron chi connectivity index (χ0n) is 14.6. The third-order valence-electron chi connectivity index (χ3n) is 4.52. The van der Waals surface area contributed by atoms with Crippen LogP contribution >= 0.6 is 0 Å². The molecule has 2 aliphatic rings. The van der Waals surface area contributed by atoms with Crippen molar-refractivity contribution in [1.82, 2.24) is 4.98 Å². The van der Waals surface area contributed by atoms with Crippen LogP contribution in [0.1, 0.15) is 25.0 Å². The van der Waals surface area contributed by atoms with E-state index >= 15 is 0 Å². The van der Waals surface area contributed by atoms with Crippen molar-refractivity contribution in [3.05, 3.63) is 65.3 Å². The predicted octanol–water partition coefficient (Wildman–Crippen LogP) is 3.78. The minimum absolute atomic E-state index is 0.313. The lowest BCUT2D eigenvalue weighted by atomic mass is 9.93. The summed E-state index contributed by atoms with van der Waals surface area (Å²) in [5.41, 5.74) is 2.44. The van der Waals surface area contributed by atoms with Crippen LogP contribution < -0.4 is 10.1 Å². The minimum atomic E-state index is -0.679. The number of carbonyl (C=O) groups excluding carboxylic acids is 1. The maximum Gasteiger partial charge on any atom is 0.260 e. The van der Waals surface area contributed by atoms with Gasteiger partial charge in [-0.05, 0) is 50.3 Å². The van der Waals surface area contributed by atoms with Crippen molar-refractivity contribution >= 4 is 22.7 Å². The average molecular weight is 352 g/mol. The van der Waals surface area contributed by atoms with Gasteiger partial charge in [-0.15, -0.1) is 0 Å². The Morgan fingerprint density at radius 1 is 1.23 bits per heavy atom. The van der Waals surface area contributed by atoms with Gasteiger partial charge in [0.2, 0.25) is 5.88 Å². The Balaban J connectivity index is 1.89. The molecular formula is C20H17FN2O3. The fourth-order valence-electron chi connectivity index (χ4n) is 3.34. The second-order valence-corrected chi connectivity index (χ2v) is 6.61.